The fourth-order valence-electron chi connectivity index (χ4n) is 2.97. The van der Waals surface area contributed by atoms with Crippen LogP contribution >= 0.6 is 0 Å². The first kappa shape index (κ1) is 16.1. The number of rotatable bonds is 4. The van der Waals surface area contributed by atoms with Crippen LogP contribution in [0.25, 0.3) is 5.69 Å². The summed E-state index contributed by atoms with van der Waals surface area (Å²) in [5.74, 6) is -0.0596. The normalized spacial score (nSPS) is 12.0. The zero-order chi connectivity index (χ0) is 17.1. The second-order valence-electron chi connectivity index (χ2n) is 6.11. The number of hydrogen-bond donors (Lipinski definition) is 1. The second-order valence-corrected chi connectivity index (χ2v) is 6.11. The summed E-state index contributed by atoms with van der Waals surface area (Å²) in [4.78, 5) is 12.6. The van der Waals surface area contributed by atoms with E-state index < -0.39 is 0 Å². The highest BCUT2D eigenvalue weighted by Gasteiger charge is 2.12. The summed E-state index contributed by atoms with van der Waals surface area (Å²) in [7, 11) is 0. The molecule has 0 unspecified atom stereocenters. The quantitative estimate of drug-likeness (QED) is 0.750. The first-order valence-electron chi connectivity index (χ1n) is 8.17. The molecule has 3 heteroatoms. The van der Waals surface area contributed by atoms with Crippen molar-refractivity contribution >= 4 is 5.91 Å². The van der Waals surface area contributed by atoms with Gasteiger partial charge in [-0.3, -0.25) is 4.79 Å². The van der Waals surface area contributed by atoms with Crippen molar-refractivity contribution in [3.8, 4) is 5.69 Å². The highest BCUT2D eigenvalue weighted by Crippen LogP contribution is 2.18. The number of carbonyl (C=O) groups excluding carboxylic acids is 1. The fourth-order valence-corrected chi connectivity index (χ4v) is 2.97. The van der Waals surface area contributed by atoms with E-state index in [1.54, 1.807) is 0 Å². The molecule has 0 radical (unpaired) electrons. The van der Waals surface area contributed by atoms with Crippen LogP contribution < -0.4 is 5.32 Å². The molecule has 3 aromatic rings. The summed E-state index contributed by atoms with van der Waals surface area (Å²) in [6.45, 7) is 6.13. The third-order valence-corrected chi connectivity index (χ3v) is 4.28. The van der Waals surface area contributed by atoms with Gasteiger partial charge in [0.1, 0.15) is 0 Å². The van der Waals surface area contributed by atoms with Crippen molar-refractivity contribution in [3.63, 3.8) is 0 Å². The van der Waals surface area contributed by atoms with Crippen molar-refractivity contribution in [1.82, 2.24) is 9.88 Å². The van der Waals surface area contributed by atoms with Crippen molar-refractivity contribution in [2.24, 2.45) is 0 Å². The van der Waals surface area contributed by atoms with E-state index >= 15 is 0 Å². The Bertz CT molecular complexity index is 830. The Morgan fingerprint density at radius 1 is 0.917 bits per heavy atom. The molecule has 0 aliphatic heterocycles. The Labute approximate surface area is 143 Å². The van der Waals surface area contributed by atoms with Crippen molar-refractivity contribution in [2.75, 3.05) is 0 Å². The number of aromatic nitrogens is 1. The largest absolute Gasteiger partial charge is 0.346 e. The number of amides is 1. The van der Waals surface area contributed by atoms with E-state index in [1.165, 1.54) is 0 Å². The summed E-state index contributed by atoms with van der Waals surface area (Å²) in [5.41, 5.74) is 5.09. The molecule has 1 amide bonds. The third-order valence-electron chi connectivity index (χ3n) is 4.28. The van der Waals surface area contributed by atoms with Crippen LogP contribution in [0.2, 0.25) is 0 Å². The molecule has 0 aliphatic carbocycles. The Hall–Kier alpha value is -2.81. The van der Waals surface area contributed by atoms with Gasteiger partial charge in [0.05, 0.1) is 6.04 Å². The van der Waals surface area contributed by atoms with Gasteiger partial charge < -0.3 is 9.88 Å². The first-order valence-corrected chi connectivity index (χ1v) is 8.17. The van der Waals surface area contributed by atoms with Gasteiger partial charge in [-0.15, -0.1) is 0 Å². The first-order chi connectivity index (χ1) is 11.6. The van der Waals surface area contributed by atoms with Crippen molar-refractivity contribution in [1.29, 1.82) is 0 Å². The highest BCUT2D eigenvalue weighted by molar-refractivity contribution is 5.95. The average Bonchev–Trinajstić information content (AvgIpc) is 2.94. The molecule has 0 fully saturated rings. The lowest BCUT2D eigenvalue weighted by Crippen LogP contribution is -2.26. The van der Waals surface area contributed by atoms with Gasteiger partial charge in [0.25, 0.3) is 5.91 Å². The van der Waals surface area contributed by atoms with E-state index in [2.05, 4.69) is 35.9 Å². The van der Waals surface area contributed by atoms with Crippen LogP contribution in [0.15, 0.2) is 66.7 Å². The lowest BCUT2D eigenvalue weighted by molar-refractivity contribution is 0.0940. The lowest BCUT2D eigenvalue weighted by atomic mass is 10.1. The highest BCUT2D eigenvalue weighted by atomic mass is 16.1. The van der Waals surface area contributed by atoms with Gasteiger partial charge in [-0.1, -0.05) is 36.4 Å². The van der Waals surface area contributed by atoms with Gasteiger partial charge >= 0.3 is 0 Å². The molecule has 0 saturated carbocycles. The Morgan fingerprint density at radius 2 is 1.58 bits per heavy atom. The number of aryl methyl sites for hydroxylation is 2. The summed E-state index contributed by atoms with van der Waals surface area (Å²) in [6.07, 6.45) is 0. The molecule has 0 saturated heterocycles. The molecule has 0 bridgehead atoms. The lowest BCUT2D eigenvalue weighted by Gasteiger charge is -2.15. The molecule has 122 valence electrons. The van der Waals surface area contributed by atoms with E-state index in [4.69, 9.17) is 0 Å². The van der Waals surface area contributed by atoms with Crippen molar-refractivity contribution in [3.05, 3.63) is 89.2 Å². The SMILES string of the molecule is Cc1ccc(C)n1-c1cccc(C(=O)N[C@@H](C)c2ccccc2)c1. The minimum absolute atomic E-state index is 0.0302. The second kappa shape index (κ2) is 6.75. The van der Waals surface area contributed by atoms with Crippen LogP contribution in [-0.2, 0) is 0 Å². The molecule has 3 rings (SSSR count). The Morgan fingerprint density at radius 3 is 2.25 bits per heavy atom. The minimum Gasteiger partial charge on any atom is -0.346 e. The van der Waals surface area contributed by atoms with Gasteiger partial charge in [0, 0.05) is 22.6 Å². The predicted molar refractivity (Wildman–Crippen MR) is 97.6 cm³/mol. The number of hydrogen-bond acceptors (Lipinski definition) is 1. The van der Waals surface area contributed by atoms with Crippen molar-refractivity contribution in [2.45, 2.75) is 26.8 Å². The molecule has 3 nitrogen and oxygen atoms in total. The molecule has 1 aromatic heterocycles. The standard InChI is InChI=1S/C21H22N2O/c1-15-12-13-16(2)23(15)20-11-7-10-19(14-20)21(24)22-17(3)18-8-5-4-6-9-18/h4-14,17H,1-3H3,(H,22,24)/t17-/m0/s1. The third kappa shape index (κ3) is 3.25. The predicted octanol–water partition coefficient (Wildman–Crippen LogP) is 4.59. The number of benzene rings is 2. The van der Waals surface area contributed by atoms with Gasteiger partial charge in [-0.05, 0) is 56.7 Å². The van der Waals surface area contributed by atoms with E-state index in [0.29, 0.717) is 5.56 Å². The number of carbonyl (C=O) groups is 1. The molecule has 1 N–H and O–H groups in total. The van der Waals surface area contributed by atoms with E-state index in [0.717, 1.165) is 22.6 Å². The van der Waals surface area contributed by atoms with Gasteiger partial charge in [-0.2, -0.15) is 0 Å². The fraction of sp³-hybridized carbons (Fsp3) is 0.190. The molecular weight excluding hydrogens is 296 g/mol. The Balaban J connectivity index is 1.83. The molecule has 1 atom stereocenters. The van der Waals surface area contributed by atoms with Crippen LogP contribution in [0, 0.1) is 13.8 Å². The van der Waals surface area contributed by atoms with Crippen LogP contribution in [0.4, 0.5) is 0 Å². The molecule has 2 aromatic carbocycles. The molecule has 1 heterocycles. The number of nitrogens with zero attached hydrogens (tertiary/aromatic N) is 1. The van der Waals surface area contributed by atoms with Crippen LogP contribution in [0.1, 0.15) is 40.3 Å². The van der Waals surface area contributed by atoms with E-state index in [-0.39, 0.29) is 11.9 Å². The summed E-state index contributed by atoms with van der Waals surface area (Å²) in [6, 6.07) is 21.9. The molecule has 0 spiro atoms. The number of nitrogens with one attached hydrogen (secondary N) is 1. The van der Waals surface area contributed by atoms with E-state index in [1.807, 2.05) is 61.5 Å². The maximum absolute atomic E-state index is 12.6. The topological polar surface area (TPSA) is 34.0 Å². The van der Waals surface area contributed by atoms with Crippen LogP contribution in [0.5, 0.6) is 0 Å². The molecule has 0 aliphatic rings. The zero-order valence-corrected chi connectivity index (χ0v) is 14.3. The summed E-state index contributed by atoms with van der Waals surface area (Å²) < 4.78 is 2.15. The maximum Gasteiger partial charge on any atom is 0.251 e. The Kier molecular flexibility index (Phi) is 4.52. The van der Waals surface area contributed by atoms with Crippen LogP contribution in [-0.4, -0.2) is 10.5 Å². The summed E-state index contributed by atoms with van der Waals surface area (Å²) in [5, 5.41) is 3.07. The van der Waals surface area contributed by atoms with Gasteiger partial charge in [-0.25, -0.2) is 0 Å². The monoisotopic (exact) mass is 318 g/mol. The van der Waals surface area contributed by atoms with E-state index in [9.17, 15) is 4.79 Å². The van der Waals surface area contributed by atoms with Gasteiger partial charge in [0.15, 0.2) is 0 Å². The maximum atomic E-state index is 12.6. The average molecular weight is 318 g/mol. The zero-order valence-electron chi connectivity index (χ0n) is 14.3. The van der Waals surface area contributed by atoms with Crippen LogP contribution in [0.3, 0.4) is 0 Å². The molecule has 24 heavy (non-hydrogen) atoms. The molecular formula is C21H22N2O. The minimum atomic E-state index is -0.0596. The van der Waals surface area contributed by atoms with Crippen molar-refractivity contribution < 1.29 is 4.79 Å². The smallest absolute Gasteiger partial charge is 0.251 e. The summed E-state index contributed by atoms with van der Waals surface area (Å²) >= 11 is 0. The van der Waals surface area contributed by atoms with Gasteiger partial charge in [0.2, 0.25) is 0 Å².